The van der Waals surface area contributed by atoms with Gasteiger partial charge in [-0.05, 0) is 38.0 Å². The van der Waals surface area contributed by atoms with Crippen LogP contribution in [0.5, 0.6) is 0 Å². The number of carbonyl (C=O) groups is 1. The number of aryl methyl sites for hydroxylation is 2. The number of para-hydroxylation sites is 1. The number of pyridine rings is 1. The topological polar surface area (TPSA) is 102 Å². The maximum atomic E-state index is 12.9. The Morgan fingerprint density at radius 3 is 2.88 bits per heavy atom. The van der Waals surface area contributed by atoms with E-state index in [1.165, 1.54) is 5.69 Å². The highest BCUT2D eigenvalue weighted by molar-refractivity contribution is 5.82. The van der Waals surface area contributed by atoms with Crippen molar-refractivity contribution in [3.05, 3.63) is 60.1 Å². The van der Waals surface area contributed by atoms with Gasteiger partial charge in [-0.1, -0.05) is 18.2 Å². The molecule has 4 aromatic rings. The minimum Gasteiger partial charge on any atom is -0.423 e. The second-order valence-electron chi connectivity index (χ2n) is 9.09. The molecule has 0 saturated carbocycles. The van der Waals surface area contributed by atoms with Crippen LogP contribution in [0.15, 0.2) is 47.0 Å². The zero-order valence-corrected chi connectivity index (χ0v) is 18.7. The highest BCUT2D eigenvalue weighted by atomic mass is 16.4. The molecule has 3 aromatic heterocycles. The summed E-state index contributed by atoms with van der Waals surface area (Å²) in [6, 6.07) is 12.0. The Morgan fingerprint density at radius 2 is 2.03 bits per heavy atom. The normalized spacial score (nSPS) is 20.5. The Morgan fingerprint density at radius 1 is 1.18 bits per heavy atom. The van der Waals surface area contributed by atoms with Crippen LogP contribution in [-0.2, 0) is 12.0 Å². The molecule has 1 saturated heterocycles. The van der Waals surface area contributed by atoms with Gasteiger partial charge in [0, 0.05) is 54.8 Å². The standard InChI is InChI=1S/C24H25N7O2/c1-15(22-28-27-16(2)33-22)26-23(32)30-9-7-24(14-30)8-10-31-21(24)12-20(29-31)18-11-17-5-3-4-6-19(17)25-13-18/h3-6,11-13,15H,7-10,14H2,1-2H3,(H,26,32). The molecule has 1 N–H and O–H groups in total. The molecule has 2 atom stereocenters. The lowest BCUT2D eigenvalue weighted by Crippen LogP contribution is -2.41. The third kappa shape index (κ3) is 3.35. The van der Waals surface area contributed by atoms with Crippen molar-refractivity contribution in [2.75, 3.05) is 13.1 Å². The predicted molar refractivity (Wildman–Crippen MR) is 121 cm³/mol. The van der Waals surface area contributed by atoms with E-state index in [-0.39, 0.29) is 17.5 Å². The highest BCUT2D eigenvalue weighted by Crippen LogP contribution is 2.43. The van der Waals surface area contributed by atoms with Crippen LogP contribution < -0.4 is 5.32 Å². The van der Waals surface area contributed by atoms with Crippen LogP contribution in [-0.4, -0.2) is 49.0 Å². The Balaban J connectivity index is 1.21. The van der Waals surface area contributed by atoms with Crippen LogP contribution >= 0.6 is 0 Å². The van der Waals surface area contributed by atoms with Gasteiger partial charge in [-0.3, -0.25) is 9.67 Å². The molecule has 9 heteroatoms. The largest absolute Gasteiger partial charge is 0.423 e. The van der Waals surface area contributed by atoms with E-state index in [1.54, 1.807) is 6.92 Å². The van der Waals surface area contributed by atoms with Crippen molar-refractivity contribution < 1.29 is 9.21 Å². The Bertz CT molecular complexity index is 1360. The maximum Gasteiger partial charge on any atom is 0.318 e. The molecular formula is C24H25N7O2. The van der Waals surface area contributed by atoms with Crippen LogP contribution in [0.2, 0.25) is 0 Å². The van der Waals surface area contributed by atoms with Gasteiger partial charge in [0.15, 0.2) is 0 Å². The number of benzene rings is 1. The number of aromatic nitrogens is 5. The van der Waals surface area contributed by atoms with Gasteiger partial charge in [0.1, 0.15) is 6.04 Å². The van der Waals surface area contributed by atoms with E-state index in [1.807, 2.05) is 36.2 Å². The molecule has 9 nitrogen and oxygen atoms in total. The van der Waals surface area contributed by atoms with Gasteiger partial charge < -0.3 is 14.6 Å². The molecule has 2 amide bonds. The van der Waals surface area contributed by atoms with Crippen molar-refractivity contribution in [1.82, 2.24) is 35.2 Å². The fraction of sp³-hybridized carbons (Fsp3) is 0.375. The number of hydrogen-bond donors (Lipinski definition) is 1. The number of carbonyl (C=O) groups excluding carboxylic acids is 1. The van der Waals surface area contributed by atoms with Gasteiger partial charge in [0.2, 0.25) is 11.8 Å². The Hall–Kier alpha value is -3.75. The van der Waals surface area contributed by atoms with Crippen LogP contribution in [0.1, 0.15) is 43.3 Å². The number of nitrogens with zero attached hydrogens (tertiary/aromatic N) is 6. The number of rotatable bonds is 3. The monoisotopic (exact) mass is 443 g/mol. The Labute approximate surface area is 190 Å². The fourth-order valence-electron chi connectivity index (χ4n) is 5.10. The molecule has 33 heavy (non-hydrogen) atoms. The minimum atomic E-state index is -0.337. The molecule has 1 aromatic carbocycles. The van der Waals surface area contributed by atoms with E-state index in [9.17, 15) is 4.79 Å². The van der Waals surface area contributed by atoms with E-state index >= 15 is 0 Å². The first kappa shape index (κ1) is 19.9. The van der Waals surface area contributed by atoms with Crippen molar-refractivity contribution in [3.63, 3.8) is 0 Å². The summed E-state index contributed by atoms with van der Waals surface area (Å²) in [6.45, 7) is 5.84. The zero-order valence-electron chi connectivity index (χ0n) is 18.7. The zero-order chi connectivity index (χ0) is 22.6. The Kier molecular flexibility index (Phi) is 4.46. The van der Waals surface area contributed by atoms with Crippen molar-refractivity contribution >= 4 is 16.9 Å². The number of fused-ring (bicyclic) bond motifs is 3. The van der Waals surface area contributed by atoms with Crippen LogP contribution in [0.4, 0.5) is 4.79 Å². The predicted octanol–water partition coefficient (Wildman–Crippen LogP) is 3.61. The number of nitrogens with one attached hydrogen (secondary N) is 1. The minimum absolute atomic E-state index is 0.0584. The first-order chi connectivity index (χ1) is 16.0. The molecule has 0 radical (unpaired) electrons. The third-order valence-corrected chi connectivity index (χ3v) is 6.90. The van der Waals surface area contributed by atoms with Gasteiger partial charge in [-0.15, -0.1) is 10.2 Å². The van der Waals surface area contributed by atoms with Gasteiger partial charge in [-0.2, -0.15) is 5.10 Å². The van der Waals surface area contributed by atoms with Crippen LogP contribution in [0.25, 0.3) is 22.2 Å². The summed E-state index contributed by atoms with van der Waals surface area (Å²) >= 11 is 0. The summed E-state index contributed by atoms with van der Waals surface area (Å²) < 4.78 is 7.55. The van der Waals surface area contributed by atoms with Crippen LogP contribution in [0.3, 0.4) is 0 Å². The maximum absolute atomic E-state index is 12.9. The summed E-state index contributed by atoms with van der Waals surface area (Å²) in [6.07, 6.45) is 3.81. The van der Waals surface area contributed by atoms with E-state index < -0.39 is 0 Å². The number of hydrogen-bond acceptors (Lipinski definition) is 6. The van der Waals surface area contributed by atoms with E-state index in [2.05, 4.69) is 43.4 Å². The molecule has 0 bridgehead atoms. The molecule has 2 unspecified atom stereocenters. The molecular weight excluding hydrogens is 418 g/mol. The van der Waals surface area contributed by atoms with Gasteiger partial charge >= 0.3 is 6.03 Å². The molecule has 1 fully saturated rings. The lowest BCUT2D eigenvalue weighted by Gasteiger charge is -2.24. The quantitative estimate of drug-likeness (QED) is 0.519. The number of urea groups is 1. The summed E-state index contributed by atoms with van der Waals surface area (Å²) in [7, 11) is 0. The number of likely N-dealkylation sites (tertiary alicyclic amines) is 1. The summed E-state index contributed by atoms with van der Waals surface area (Å²) in [5, 5.41) is 16.8. The molecule has 2 aliphatic heterocycles. The van der Waals surface area contributed by atoms with Gasteiger partial charge in [0.25, 0.3) is 0 Å². The lowest BCUT2D eigenvalue weighted by atomic mass is 9.82. The smallest absolute Gasteiger partial charge is 0.318 e. The molecule has 168 valence electrons. The van der Waals surface area contributed by atoms with Crippen molar-refractivity contribution in [3.8, 4) is 11.3 Å². The average Bonchev–Trinajstić information content (AvgIpc) is 3.60. The molecule has 6 rings (SSSR count). The van der Waals surface area contributed by atoms with Gasteiger partial charge in [0.05, 0.1) is 11.2 Å². The van der Waals surface area contributed by atoms with Crippen molar-refractivity contribution in [2.24, 2.45) is 0 Å². The molecule has 1 spiro atoms. The second kappa shape index (κ2) is 7.40. The van der Waals surface area contributed by atoms with Crippen LogP contribution in [0, 0.1) is 6.92 Å². The van der Waals surface area contributed by atoms with E-state index in [0.29, 0.717) is 24.9 Å². The number of amides is 2. The fourth-order valence-corrected chi connectivity index (χ4v) is 5.10. The highest BCUT2D eigenvalue weighted by Gasteiger charge is 2.47. The first-order valence-corrected chi connectivity index (χ1v) is 11.3. The third-order valence-electron chi connectivity index (χ3n) is 6.90. The summed E-state index contributed by atoms with van der Waals surface area (Å²) in [4.78, 5) is 19.4. The molecule has 5 heterocycles. The first-order valence-electron chi connectivity index (χ1n) is 11.3. The molecule has 2 aliphatic rings. The summed E-state index contributed by atoms with van der Waals surface area (Å²) in [5.41, 5.74) is 4.08. The van der Waals surface area contributed by atoms with Crippen molar-refractivity contribution in [1.29, 1.82) is 0 Å². The average molecular weight is 444 g/mol. The lowest BCUT2D eigenvalue weighted by molar-refractivity contribution is 0.200. The van der Waals surface area contributed by atoms with Gasteiger partial charge in [-0.25, -0.2) is 4.79 Å². The van der Waals surface area contributed by atoms with E-state index in [4.69, 9.17) is 9.52 Å². The second-order valence-corrected chi connectivity index (χ2v) is 9.09. The SMILES string of the molecule is Cc1nnc(C(C)NC(=O)N2CCC3(CCn4nc(-c5cnc6ccccc6c5)cc43)C2)o1. The molecule has 0 aliphatic carbocycles. The van der Waals surface area contributed by atoms with E-state index in [0.717, 1.165) is 41.5 Å². The van der Waals surface area contributed by atoms with Crippen molar-refractivity contribution in [2.45, 2.75) is 44.7 Å². The summed E-state index contributed by atoms with van der Waals surface area (Å²) in [5.74, 6) is 0.908.